The van der Waals surface area contributed by atoms with Gasteiger partial charge in [-0.2, -0.15) is 5.48 Å². The summed E-state index contributed by atoms with van der Waals surface area (Å²) < 4.78 is 0. The molecule has 0 atom stereocenters. The van der Waals surface area contributed by atoms with E-state index in [4.69, 9.17) is 4.84 Å². The fraction of sp³-hybridized carbons (Fsp3) is 0.273. The highest BCUT2D eigenvalue weighted by molar-refractivity contribution is 5.33. The van der Waals surface area contributed by atoms with Gasteiger partial charge in [0.2, 0.25) is 0 Å². The van der Waals surface area contributed by atoms with E-state index in [2.05, 4.69) is 17.3 Å². The van der Waals surface area contributed by atoms with Crippen LogP contribution in [0.5, 0.6) is 0 Å². The zero-order chi connectivity index (χ0) is 9.36. The molecule has 0 radical (unpaired) electrons. The van der Waals surface area contributed by atoms with Crippen LogP contribution in [0.15, 0.2) is 30.3 Å². The lowest BCUT2D eigenvalue weighted by molar-refractivity contribution is 0.0601. The first-order valence-corrected chi connectivity index (χ1v) is 4.32. The molecule has 0 spiro atoms. The van der Waals surface area contributed by atoms with Gasteiger partial charge in [0, 0.05) is 5.56 Å². The molecule has 0 amide bonds. The largest absolute Gasteiger partial charge is 0.301 e. The fourth-order valence-corrected chi connectivity index (χ4v) is 0.857. The van der Waals surface area contributed by atoms with Crippen LogP contribution in [0.25, 0.3) is 0 Å². The standard InChI is InChI=1S/C11H13NO/c1-2-13-12-10-6-9-11-7-4-3-5-8-11/h3-5,7-8,12H,2,10H2,1H3. The lowest BCUT2D eigenvalue weighted by atomic mass is 10.2. The molecule has 1 rings (SSSR count). The maximum Gasteiger partial charge on any atom is 0.0824 e. The molecule has 68 valence electrons. The highest BCUT2D eigenvalue weighted by Crippen LogP contribution is 1.93. The van der Waals surface area contributed by atoms with Crippen molar-refractivity contribution in [2.75, 3.05) is 13.2 Å². The van der Waals surface area contributed by atoms with Crippen molar-refractivity contribution in [3.05, 3.63) is 35.9 Å². The molecule has 13 heavy (non-hydrogen) atoms. The van der Waals surface area contributed by atoms with E-state index in [9.17, 15) is 0 Å². The maximum atomic E-state index is 4.92. The Morgan fingerprint density at radius 1 is 1.31 bits per heavy atom. The minimum atomic E-state index is 0.558. The SMILES string of the molecule is CCONCC#Cc1ccccc1. The van der Waals surface area contributed by atoms with Crippen LogP contribution >= 0.6 is 0 Å². The van der Waals surface area contributed by atoms with Gasteiger partial charge in [0.1, 0.15) is 0 Å². The lowest BCUT2D eigenvalue weighted by Gasteiger charge is -1.95. The molecule has 1 N–H and O–H groups in total. The third-order valence-corrected chi connectivity index (χ3v) is 1.41. The Labute approximate surface area is 78.9 Å². The molecule has 0 saturated carbocycles. The van der Waals surface area contributed by atoms with Gasteiger partial charge in [-0.15, -0.1) is 0 Å². The summed E-state index contributed by atoms with van der Waals surface area (Å²) in [6, 6.07) is 9.88. The first-order valence-electron chi connectivity index (χ1n) is 4.32. The Kier molecular flexibility index (Phi) is 4.70. The summed E-state index contributed by atoms with van der Waals surface area (Å²) in [7, 11) is 0. The van der Waals surface area contributed by atoms with E-state index < -0.39 is 0 Å². The number of benzene rings is 1. The van der Waals surface area contributed by atoms with Gasteiger partial charge in [-0.3, -0.25) is 0 Å². The molecule has 1 aromatic rings. The van der Waals surface area contributed by atoms with Gasteiger partial charge in [-0.05, 0) is 19.1 Å². The molecule has 0 aliphatic rings. The average molecular weight is 175 g/mol. The zero-order valence-corrected chi connectivity index (χ0v) is 7.71. The molecular weight excluding hydrogens is 162 g/mol. The summed E-state index contributed by atoms with van der Waals surface area (Å²) >= 11 is 0. The van der Waals surface area contributed by atoms with Crippen LogP contribution in [-0.4, -0.2) is 13.2 Å². The van der Waals surface area contributed by atoms with E-state index in [-0.39, 0.29) is 0 Å². The molecule has 2 nitrogen and oxygen atoms in total. The molecule has 2 heteroatoms. The molecule has 0 bridgehead atoms. The van der Waals surface area contributed by atoms with E-state index in [0.717, 1.165) is 5.56 Å². The highest BCUT2D eigenvalue weighted by Gasteiger charge is 1.80. The van der Waals surface area contributed by atoms with Crippen LogP contribution in [0, 0.1) is 11.8 Å². The molecule has 0 aliphatic carbocycles. The molecule has 0 fully saturated rings. The summed E-state index contributed by atoms with van der Waals surface area (Å²) in [6.45, 7) is 3.15. The number of hydrogen-bond donors (Lipinski definition) is 1. The van der Waals surface area contributed by atoms with Crippen LogP contribution in [-0.2, 0) is 4.84 Å². The molecule has 0 aromatic heterocycles. The number of hydroxylamine groups is 1. The van der Waals surface area contributed by atoms with Crippen molar-refractivity contribution in [3.8, 4) is 11.8 Å². The summed E-state index contributed by atoms with van der Waals surface area (Å²) in [5.41, 5.74) is 3.76. The zero-order valence-electron chi connectivity index (χ0n) is 7.71. The summed E-state index contributed by atoms with van der Waals surface area (Å²) in [5.74, 6) is 5.96. The van der Waals surface area contributed by atoms with Gasteiger partial charge in [0.25, 0.3) is 0 Å². The predicted molar refractivity (Wildman–Crippen MR) is 52.9 cm³/mol. The normalized spacial score (nSPS) is 9.00. The average Bonchev–Trinajstić information content (AvgIpc) is 2.19. The van der Waals surface area contributed by atoms with Crippen molar-refractivity contribution in [3.63, 3.8) is 0 Å². The third-order valence-electron chi connectivity index (χ3n) is 1.41. The van der Waals surface area contributed by atoms with Crippen LogP contribution in [0.2, 0.25) is 0 Å². The van der Waals surface area contributed by atoms with Crippen molar-refractivity contribution >= 4 is 0 Å². The Morgan fingerprint density at radius 2 is 2.08 bits per heavy atom. The van der Waals surface area contributed by atoms with Crippen LogP contribution in [0.4, 0.5) is 0 Å². The van der Waals surface area contributed by atoms with Crippen LogP contribution in [0.3, 0.4) is 0 Å². The Morgan fingerprint density at radius 3 is 2.77 bits per heavy atom. The first-order chi connectivity index (χ1) is 6.43. The highest BCUT2D eigenvalue weighted by atomic mass is 16.6. The molecule has 0 heterocycles. The quantitative estimate of drug-likeness (QED) is 0.428. The third kappa shape index (κ3) is 4.32. The molecule has 0 saturated heterocycles. The Bertz CT molecular complexity index is 284. The second-order valence-electron chi connectivity index (χ2n) is 2.42. The van der Waals surface area contributed by atoms with Crippen molar-refractivity contribution in [2.45, 2.75) is 6.92 Å². The van der Waals surface area contributed by atoms with Crippen molar-refractivity contribution in [1.29, 1.82) is 0 Å². The molecular formula is C11H13NO. The summed E-state index contributed by atoms with van der Waals surface area (Å²) in [6.07, 6.45) is 0. The molecule has 0 aliphatic heterocycles. The number of rotatable bonds is 3. The second kappa shape index (κ2) is 6.24. The lowest BCUT2D eigenvalue weighted by Crippen LogP contribution is -2.13. The smallest absolute Gasteiger partial charge is 0.0824 e. The van der Waals surface area contributed by atoms with Crippen molar-refractivity contribution < 1.29 is 4.84 Å². The monoisotopic (exact) mass is 175 g/mol. The van der Waals surface area contributed by atoms with Crippen LogP contribution in [0.1, 0.15) is 12.5 Å². The van der Waals surface area contributed by atoms with Gasteiger partial charge in [-0.25, -0.2) is 0 Å². The summed E-state index contributed by atoms with van der Waals surface area (Å²) in [5, 5.41) is 0. The topological polar surface area (TPSA) is 21.3 Å². The fourth-order valence-electron chi connectivity index (χ4n) is 0.857. The van der Waals surface area contributed by atoms with Crippen molar-refractivity contribution in [2.24, 2.45) is 0 Å². The second-order valence-corrected chi connectivity index (χ2v) is 2.42. The van der Waals surface area contributed by atoms with Crippen LogP contribution < -0.4 is 5.48 Å². The van der Waals surface area contributed by atoms with Gasteiger partial charge < -0.3 is 4.84 Å². The van der Waals surface area contributed by atoms with E-state index in [1.165, 1.54) is 0 Å². The number of hydrogen-bond acceptors (Lipinski definition) is 2. The van der Waals surface area contributed by atoms with E-state index in [1.807, 2.05) is 37.3 Å². The van der Waals surface area contributed by atoms with E-state index in [1.54, 1.807) is 0 Å². The maximum absolute atomic E-state index is 4.92. The van der Waals surface area contributed by atoms with E-state index in [0.29, 0.717) is 13.2 Å². The summed E-state index contributed by atoms with van der Waals surface area (Å²) in [4.78, 5) is 4.92. The van der Waals surface area contributed by atoms with Gasteiger partial charge >= 0.3 is 0 Å². The van der Waals surface area contributed by atoms with Gasteiger partial charge in [0.15, 0.2) is 0 Å². The molecule has 1 aromatic carbocycles. The van der Waals surface area contributed by atoms with Crippen molar-refractivity contribution in [1.82, 2.24) is 5.48 Å². The van der Waals surface area contributed by atoms with Gasteiger partial charge in [0.05, 0.1) is 13.2 Å². The minimum Gasteiger partial charge on any atom is -0.301 e. The Hall–Kier alpha value is -1.30. The van der Waals surface area contributed by atoms with E-state index >= 15 is 0 Å². The number of nitrogens with one attached hydrogen (secondary N) is 1. The molecule has 0 unspecified atom stereocenters. The first kappa shape index (κ1) is 9.79. The minimum absolute atomic E-state index is 0.558. The Balaban J connectivity index is 2.31. The van der Waals surface area contributed by atoms with Gasteiger partial charge in [-0.1, -0.05) is 30.0 Å². The predicted octanol–water partition coefficient (Wildman–Crippen LogP) is 1.58.